The van der Waals surface area contributed by atoms with Crippen LogP contribution in [0.15, 0.2) is 60.7 Å². The molecule has 0 fully saturated rings. The zero-order valence-electron chi connectivity index (χ0n) is 21.9. The standard InChI is InChI=1S/C29H42O5Si/c1-5-6-7-8-9-10-17-22-32-27(30)23-33-28(31)24-34-35(29(2,3)4,25-18-13-11-14-19-25)26-20-15-12-16-21-26/h11-16,18-21H,5-10,17,22-24H2,1-4H3. The van der Waals surface area contributed by atoms with Crippen LogP contribution in [0, 0.1) is 0 Å². The minimum absolute atomic E-state index is 0.224. The third-order valence-electron chi connectivity index (χ3n) is 6.19. The molecule has 0 heterocycles. The van der Waals surface area contributed by atoms with Gasteiger partial charge in [0.1, 0.15) is 6.61 Å². The fourth-order valence-corrected chi connectivity index (χ4v) is 8.89. The van der Waals surface area contributed by atoms with Gasteiger partial charge in [-0.25, -0.2) is 9.59 Å². The summed E-state index contributed by atoms with van der Waals surface area (Å²) in [4.78, 5) is 24.5. The number of benzene rings is 2. The summed E-state index contributed by atoms with van der Waals surface area (Å²) >= 11 is 0. The normalized spacial score (nSPS) is 11.8. The number of rotatable bonds is 15. The third-order valence-corrected chi connectivity index (χ3v) is 11.2. The van der Waals surface area contributed by atoms with Gasteiger partial charge in [-0.3, -0.25) is 0 Å². The Hall–Kier alpha value is -2.44. The van der Waals surface area contributed by atoms with Crippen LogP contribution in [0.2, 0.25) is 5.04 Å². The molecule has 5 nitrogen and oxygen atoms in total. The molecule has 0 aliphatic heterocycles. The van der Waals surface area contributed by atoms with Crippen molar-refractivity contribution in [3.05, 3.63) is 60.7 Å². The highest BCUT2D eigenvalue weighted by Crippen LogP contribution is 2.36. The lowest BCUT2D eigenvalue weighted by Gasteiger charge is -2.42. The summed E-state index contributed by atoms with van der Waals surface area (Å²) in [6.45, 7) is 8.39. The van der Waals surface area contributed by atoms with Crippen LogP contribution in [0.4, 0.5) is 0 Å². The van der Waals surface area contributed by atoms with Gasteiger partial charge >= 0.3 is 11.9 Å². The number of carbonyl (C=O) groups excluding carboxylic acids is 2. The van der Waals surface area contributed by atoms with Crippen molar-refractivity contribution < 1.29 is 23.5 Å². The summed E-state index contributed by atoms with van der Waals surface area (Å²) in [5, 5.41) is 1.92. The molecule has 2 aromatic rings. The molecule has 0 saturated carbocycles. The van der Waals surface area contributed by atoms with Crippen LogP contribution in [0.5, 0.6) is 0 Å². The van der Waals surface area contributed by atoms with Crippen molar-refractivity contribution in [2.24, 2.45) is 0 Å². The van der Waals surface area contributed by atoms with Gasteiger partial charge in [0, 0.05) is 0 Å². The van der Waals surface area contributed by atoms with E-state index in [4.69, 9.17) is 13.9 Å². The first-order valence-electron chi connectivity index (χ1n) is 12.9. The predicted molar refractivity (Wildman–Crippen MR) is 143 cm³/mol. The largest absolute Gasteiger partial charge is 0.463 e. The summed E-state index contributed by atoms with van der Waals surface area (Å²) in [6.07, 6.45) is 8.05. The number of ether oxygens (including phenoxy) is 2. The lowest BCUT2D eigenvalue weighted by atomic mass is 10.1. The molecule has 2 aromatic carbocycles. The Morgan fingerprint density at radius 2 is 1.17 bits per heavy atom. The molecule has 0 atom stereocenters. The van der Waals surface area contributed by atoms with Crippen LogP contribution >= 0.6 is 0 Å². The van der Waals surface area contributed by atoms with Gasteiger partial charge in [0.15, 0.2) is 6.61 Å². The van der Waals surface area contributed by atoms with Crippen LogP contribution in [-0.4, -0.2) is 40.1 Å². The molecular formula is C29H42O5Si. The minimum atomic E-state index is -2.83. The molecule has 192 valence electrons. The van der Waals surface area contributed by atoms with Gasteiger partial charge in [-0.05, 0) is 21.8 Å². The maximum absolute atomic E-state index is 12.6. The molecule has 0 unspecified atom stereocenters. The van der Waals surface area contributed by atoms with Crippen molar-refractivity contribution in [2.45, 2.75) is 77.7 Å². The fourth-order valence-electron chi connectivity index (χ4n) is 4.40. The van der Waals surface area contributed by atoms with Gasteiger partial charge in [0.05, 0.1) is 6.61 Å². The predicted octanol–water partition coefficient (Wildman–Crippen LogP) is 5.40. The number of hydrogen-bond donors (Lipinski definition) is 0. The van der Waals surface area contributed by atoms with Crippen LogP contribution in [0.25, 0.3) is 0 Å². The van der Waals surface area contributed by atoms with Crippen molar-refractivity contribution in [2.75, 3.05) is 19.8 Å². The molecular weight excluding hydrogens is 456 g/mol. The van der Waals surface area contributed by atoms with Gasteiger partial charge in [-0.1, -0.05) is 127 Å². The first kappa shape index (κ1) is 28.8. The third kappa shape index (κ3) is 8.93. The molecule has 0 radical (unpaired) electrons. The summed E-state index contributed by atoms with van der Waals surface area (Å²) in [7, 11) is -2.83. The van der Waals surface area contributed by atoms with Gasteiger partial charge < -0.3 is 13.9 Å². The maximum Gasteiger partial charge on any atom is 0.344 e. The highest BCUT2D eigenvalue weighted by Gasteiger charge is 2.50. The van der Waals surface area contributed by atoms with Crippen LogP contribution in [0.1, 0.15) is 72.6 Å². The topological polar surface area (TPSA) is 61.8 Å². The van der Waals surface area contributed by atoms with Crippen LogP contribution < -0.4 is 10.4 Å². The molecule has 0 N–H and O–H groups in total. The van der Waals surface area contributed by atoms with E-state index in [2.05, 4.69) is 52.0 Å². The number of unbranched alkanes of at least 4 members (excludes halogenated alkanes) is 6. The SMILES string of the molecule is CCCCCCCCCOC(=O)COC(=O)CO[Si](c1ccccc1)(c1ccccc1)C(C)(C)C. The van der Waals surface area contributed by atoms with E-state index in [-0.39, 0.29) is 18.3 Å². The van der Waals surface area contributed by atoms with Crippen LogP contribution in [-0.2, 0) is 23.5 Å². The first-order valence-corrected chi connectivity index (χ1v) is 14.8. The highest BCUT2D eigenvalue weighted by atomic mass is 28.4. The lowest BCUT2D eigenvalue weighted by Crippen LogP contribution is -2.67. The molecule has 0 bridgehead atoms. The summed E-state index contributed by atoms with van der Waals surface area (Å²) in [5.74, 6) is -1.08. The smallest absolute Gasteiger partial charge is 0.344 e. The summed E-state index contributed by atoms with van der Waals surface area (Å²) < 4.78 is 16.9. The van der Waals surface area contributed by atoms with Gasteiger partial charge in [0.25, 0.3) is 8.32 Å². The Morgan fingerprint density at radius 1 is 0.686 bits per heavy atom. The molecule has 2 rings (SSSR count). The second-order valence-electron chi connectivity index (χ2n) is 9.95. The Morgan fingerprint density at radius 3 is 1.69 bits per heavy atom. The van der Waals surface area contributed by atoms with Gasteiger partial charge in [0.2, 0.25) is 0 Å². The Labute approximate surface area is 212 Å². The number of hydrogen-bond acceptors (Lipinski definition) is 5. The minimum Gasteiger partial charge on any atom is -0.463 e. The molecule has 0 amide bonds. The second kappa shape index (κ2) is 14.8. The van der Waals surface area contributed by atoms with E-state index in [1.165, 1.54) is 25.7 Å². The molecule has 0 aliphatic carbocycles. The van der Waals surface area contributed by atoms with Crippen molar-refractivity contribution in [1.82, 2.24) is 0 Å². The zero-order valence-corrected chi connectivity index (χ0v) is 22.9. The maximum atomic E-state index is 12.6. The highest BCUT2D eigenvalue weighted by molar-refractivity contribution is 6.99. The van der Waals surface area contributed by atoms with Crippen molar-refractivity contribution in [1.29, 1.82) is 0 Å². The van der Waals surface area contributed by atoms with E-state index >= 15 is 0 Å². The number of carbonyl (C=O) groups is 2. The summed E-state index contributed by atoms with van der Waals surface area (Å²) in [6, 6.07) is 20.2. The molecule has 6 heteroatoms. The second-order valence-corrected chi connectivity index (χ2v) is 14.3. The van der Waals surface area contributed by atoms with E-state index in [0.717, 1.165) is 29.6 Å². The van der Waals surface area contributed by atoms with Crippen molar-refractivity contribution in [3.63, 3.8) is 0 Å². The number of esters is 2. The zero-order chi connectivity index (χ0) is 25.6. The lowest BCUT2D eigenvalue weighted by molar-refractivity contribution is -0.160. The Bertz CT molecular complexity index is 837. The first-order chi connectivity index (χ1) is 16.8. The molecule has 0 saturated heterocycles. The quantitative estimate of drug-likeness (QED) is 0.187. The monoisotopic (exact) mass is 498 g/mol. The van der Waals surface area contributed by atoms with E-state index in [0.29, 0.717) is 6.61 Å². The van der Waals surface area contributed by atoms with Gasteiger partial charge in [-0.15, -0.1) is 0 Å². The van der Waals surface area contributed by atoms with E-state index < -0.39 is 20.3 Å². The molecule has 35 heavy (non-hydrogen) atoms. The van der Waals surface area contributed by atoms with E-state index in [1.54, 1.807) is 0 Å². The van der Waals surface area contributed by atoms with Gasteiger partial charge in [-0.2, -0.15) is 0 Å². The van der Waals surface area contributed by atoms with Crippen molar-refractivity contribution >= 4 is 30.6 Å². The fraction of sp³-hybridized carbons (Fsp3) is 0.517. The van der Waals surface area contributed by atoms with Crippen molar-refractivity contribution in [3.8, 4) is 0 Å². The molecule has 0 aliphatic rings. The molecule has 0 aromatic heterocycles. The van der Waals surface area contributed by atoms with Crippen LogP contribution in [0.3, 0.4) is 0 Å². The summed E-state index contributed by atoms with van der Waals surface area (Å²) in [5.41, 5.74) is 0. The van der Waals surface area contributed by atoms with E-state index in [9.17, 15) is 9.59 Å². The Balaban J connectivity index is 1.90. The molecule has 0 spiro atoms. The average Bonchev–Trinajstić information content (AvgIpc) is 2.85. The average molecular weight is 499 g/mol. The Kier molecular flexibility index (Phi) is 12.2. The van der Waals surface area contributed by atoms with E-state index in [1.807, 2.05) is 36.4 Å².